The zero-order valence-corrected chi connectivity index (χ0v) is 24.3. The third-order valence-corrected chi connectivity index (χ3v) is 6.94. The van der Waals surface area contributed by atoms with Gasteiger partial charge in [0.2, 0.25) is 17.8 Å². The van der Waals surface area contributed by atoms with Crippen LogP contribution in [0.3, 0.4) is 0 Å². The molecule has 2 N–H and O–H groups in total. The number of aromatic nitrogens is 3. The van der Waals surface area contributed by atoms with Gasteiger partial charge < -0.3 is 34.8 Å². The molecular formula is C29H40N8O3. The van der Waals surface area contributed by atoms with Gasteiger partial charge in [0.1, 0.15) is 0 Å². The van der Waals surface area contributed by atoms with Gasteiger partial charge in [0.25, 0.3) is 5.91 Å². The smallest absolute Gasteiger partial charge is 0.253 e. The van der Waals surface area contributed by atoms with Crippen molar-refractivity contribution in [3.05, 3.63) is 58.7 Å². The number of ether oxygens (including phenoxy) is 2. The first kappa shape index (κ1) is 28.9. The van der Waals surface area contributed by atoms with Crippen molar-refractivity contribution in [1.82, 2.24) is 24.8 Å². The van der Waals surface area contributed by atoms with Crippen LogP contribution in [0, 0.1) is 0 Å². The number of rotatable bonds is 12. The molecule has 1 aliphatic heterocycles. The second-order valence-corrected chi connectivity index (χ2v) is 10.0. The van der Waals surface area contributed by atoms with Crippen molar-refractivity contribution < 1.29 is 14.3 Å². The molecule has 0 spiro atoms. The van der Waals surface area contributed by atoms with E-state index in [-0.39, 0.29) is 5.91 Å². The van der Waals surface area contributed by atoms with Crippen molar-refractivity contribution in [3.8, 4) is 11.5 Å². The van der Waals surface area contributed by atoms with E-state index in [1.807, 2.05) is 51.4 Å². The van der Waals surface area contributed by atoms with Gasteiger partial charge >= 0.3 is 0 Å². The maximum atomic E-state index is 12.4. The highest BCUT2D eigenvalue weighted by atomic mass is 16.5. The molecule has 4 rings (SSSR count). The minimum atomic E-state index is 0.0109. The van der Waals surface area contributed by atoms with Crippen molar-refractivity contribution in [3.63, 3.8) is 0 Å². The van der Waals surface area contributed by atoms with Crippen LogP contribution < -0.4 is 25.0 Å². The Balaban J connectivity index is 1.53. The van der Waals surface area contributed by atoms with Gasteiger partial charge in [-0.1, -0.05) is 12.1 Å². The Hall–Kier alpha value is -4.12. The second kappa shape index (κ2) is 13.3. The lowest BCUT2D eigenvalue weighted by atomic mass is 9.99. The summed E-state index contributed by atoms with van der Waals surface area (Å²) in [4.78, 5) is 32.5. The van der Waals surface area contributed by atoms with E-state index in [9.17, 15) is 4.79 Å². The van der Waals surface area contributed by atoms with E-state index in [0.29, 0.717) is 55.3 Å². The van der Waals surface area contributed by atoms with E-state index in [1.54, 1.807) is 26.2 Å². The molecule has 0 bridgehead atoms. The number of hydrogen-bond acceptors (Lipinski definition) is 10. The molecule has 40 heavy (non-hydrogen) atoms. The van der Waals surface area contributed by atoms with Crippen molar-refractivity contribution >= 4 is 23.8 Å². The number of likely N-dealkylation sites (N-methyl/N-ethyl adjacent to an activating group) is 1. The molecule has 214 valence electrons. The molecule has 0 atom stereocenters. The van der Waals surface area contributed by atoms with E-state index in [2.05, 4.69) is 31.5 Å². The molecule has 0 fully saturated rings. The number of carbonyl (C=O) groups is 1. The van der Waals surface area contributed by atoms with Crippen LogP contribution in [0.25, 0.3) is 0 Å². The Morgan fingerprint density at radius 1 is 0.950 bits per heavy atom. The van der Waals surface area contributed by atoms with Crippen LogP contribution in [0.1, 0.15) is 34.0 Å². The van der Waals surface area contributed by atoms with Crippen LogP contribution >= 0.6 is 0 Å². The molecule has 0 saturated carbocycles. The summed E-state index contributed by atoms with van der Waals surface area (Å²) in [5.41, 5.74) is 4.08. The fourth-order valence-corrected chi connectivity index (χ4v) is 4.42. The third-order valence-electron chi connectivity index (χ3n) is 6.94. The van der Waals surface area contributed by atoms with Crippen LogP contribution in [-0.2, 0) is 19.5 Å². The first-order valence-electron chi connectivity index (χ1n) is 13.5. The Morgan fingerprint density at radius 2 is 1.60 bits per heavy atom. The monoisotopic (exact) mass is 548 g/mol. The van der Waals surface area contributed by atoms with Gasteiger partial charge in [-0.05, 0) is 68.4 Å². The SMILES string of the molecule is CCN(C)C(=O)c1ccc(CNc2nc(NCCN(C)C)nc(N3CCc4cc(OC)c(OC)cc4C3)n2)cc1. The molecule has 1 amide bonds. The normalized spacial score (nSPS) is 12.6. The highest BCUT2D eigenvalue weighted by Crippen LogP contribution is 2.34. The number of amides is 1. The summed E-state index contributed by atoms with van der Waals surface area (Å²) in [5, 5.41) is 6.68. The van der Waals surface area contributed by atoms with Crippen molar-refractivity contribution in [1.29, 1.82) is 0 Å². The standard InChI is InChI=1S/C29H40N8O3/c1-7-36(4)26(38)21-10-8-20(9-11-21)18-31-28-32-27(30-13-15-35(2)3)33-29(34-28)37-14-12-22-16-24(39-5)25(40-6)17-23(22)19-37/h8-11,16-17H,7,12-15,18-19H2,1-6H3,(H2,30,31,32,33,34). The molecule has 3 aromatic rings. The van der Waals surface area contributed by atoms with Crippen molar-refractivity contribution in [2.24, 2.45) is 0 Å². The van der Waals surface area contributed by atoms with E-state index < -0.39 is 0 Å². The Bertz CT molecular complexity index is 1300. The number of benzene rings is 2. The minimum absolute atomic E-state index is 0.0109. The zero-order chi connectivity index (χ0) is 28.6. The Kier molecular flexibility index (Phi) is 9.60. The number of hydrogen-bond donors (Lipinski definition) is 2. The van der Waals surface area contributed by atoms with Crippen LogP contribution in [0.2, 0.25) is 0 Å². The molecule has 0 saturated heterocycles. The highest BCUT2D eigenvalue weighted by Gasteiger charge is 2.22. The van der Waals surface area contributed by atoms with E-state index in [4.69, 9.17) is 19.4 Å². The second-order valence-electron chi connectivity index (χ2n) is 10.0. The lowest BCUT2D eigenvalue weighted by Crippen LogP contribution is -2.32. The van der Waals surface area contributed by atoms with E-state index in [1.165, 1.54) is 5.56 Å². The fourth-order valence-electron chi connectivity index (χ4n) is 4.42. The number of nitrogens with zero attached hydrogens (tertiary/aromatic N) is 6. The first-order chi connectivity index (χ1) is 19.3. The zero-order valence-electron chi connectivity index (χ0n) is 24.3. The predicted octanol–water partition coefficient (Wildman–Crippen LogP) is 3.13. The predicted molar refractivity (Wildman–Crippen MR) is 158 cm³/mol. The number of nitrogens with one attached hydrogen (secondary N) is 2. The average molecular weight is 549 g/mol. The van der Waals surface area contributed by atoms with Gasteiger partial charge in [0.05, 0.1) is 14.2 Å². The lowest BCUT2D eigenvalue weighted by molar-refractivity contribution is 0.0802. The number of anilines is 3. The van der Waals surface area contributed by atoms with Gasteiger partial charge in [-0.15, -0.1) is 0 Å². The van der Waals surface area contributed by atoms with E-state index >= 15 is 0 Å². The van der Waals surface area contributed by atoms with Gasteiger partial charge in [-0.25, -0.2) is 0 Å². The summed E-state index contributed by atoms with van der Waals surface area (Å²) in [6.07, 6.45) is 0.839. The largest absolute Gasteiger partial charge is 0.493 e. The van der Waals surface area contributed by atoms with Crippen molar-refractivity contribution in [2.45, 2.75) is 26.4 Å². The summed E-state index contributed by atoms with van der Waals surface area (Å²) in [6, 6.07) is 11.7. The molecule has 2 aromatic carbocycles. The minimum Gasteiger partial charge on any atom is -0.493 e. The Labute approximate surface area is 236 Å². The van der Waals surface area contributed by atoms with Crippen LogP contribution in [-0.4, -0.2) is 92.2 Å². The molecule has 0 unspecified atom stereocenters. The van der Waals surface area contributed by atoms with Crippen LogP contribution in [0.5, 0.6) is 11.5 Å². The summed E-state index contributed by atoms with van der Waals surface area (Å²) in [6.45, 7) is 6.11. The topological polar surface area (TPSA) is 108 Å². The molecule has 0 aliphatic carbocycles. The molecular weight excluding hydrogens is 508 g/mol. The van der Waals surface area contributed by atoms with Crippen molar-refractivity contribution in [2.75, 3.05) is 77.1 Å². The summed E-state index contributed by atoms with van der Waals surface area (Å²) in [5.74, 6) is 3.08. The molecule has 1 aromatic heterocycles. The number of carbonyl (C=O) groups excluding carboxylic acids is 1. The van der Waals surface area contributed by atoms with Gasteiger partial charge in [0, 0.05) is 51.9 Å². The quantitative estimate of drug-likeness (QED) is 0.350. The molecule has 0 radical (unpaired) electrons. The maximum Gasteiger partial charge on any atom is 0.253 e. The number of fused-ring (bicyclic) bond motifs is 1. The maximum absolute atomic E-state index is 12.4. The lowest BCUT2D eigenvalue weighted by Gasteiger charge is -2.30. The molecule has 1 aliphatic rings. The van der Waals surface area contributed by atoms with Crippen LogP contribution in [0.15, 0.2) is 36.4 Å². The summed E-state index contributed by atoms with van der Waals surface area (Å²) < 4.78 is 11.0. The summed E-state index contributed by atoms with van der Waals surface area (Å²) in [7, 11) is 9.16. The van der Waals surface area contributed by atoms with Crippen LogP contribution in [0.4, 0.5) is 17.8 Å². The average Bonchev–Trinajstić information content (AvgIpc) is 2.98. The van der Waals surface area contributed by atoms with Gasteiger partial charge in [-0.3, -0.25) is 4.79 Å². The van der Waals surface area contributed by atoms with E-state index in [0.717, 1.165) is 36.4 Å². The fraction of sp³-hybridized carbons (Fsp3) is 0.448. The summed E-state index contributed by atoms with van der Waals surface area (Å²) >= 11 is 0. The molecule has 11 nitrogen and oxygen atoms in total. The molecule has 2 heterocycles. The first-order valence-corrected chi connectivity index (χ1v) is 13.5. The van der Waals surface area contributed by atoms with Gasteiger partial charge in [0.15, 0.2) is 11.5 Å². The number of methoxy groups -OCH3 is 2. The Morgan fingerprint density at radius 3 is 2.23 bits per heavy atom. The highest BCUT2D eigenvalue weighted by molar-refractivity contribution is 5.94. The third kappa shape index (κ3) is 7.09. The molecule has 11 heteroatoms. The van der Waals surface area contributed by atoms with Gasteiger partial charge in [-0.2, -0.15) is 15.0 Å².